The molecule has 0 saturated heterocycles. The Morgan fingerprint density at radius 1 is 0.906 bits per heavy atom. The maximum atomic E-state index is 13.4. The van der Waals surface area contributed by atoms with E-state index >= 15 is 0 Å². The number of nitro benzene ring substituents is 1. The van der Waals surface area contributed by atoms with Crippen molar-refractivity contribution in [2.75, 3.05) is 0 Å². The molecule has 7 nitrogen and oxygen atoms in total. The second-order valence-corrected chi connectivity index (χ2v) is 7.42. The SMILES string of the molecule is Cn1cc(C=Cc2nc3ccccc3c(=O)n2-c2ccccc2[N+](=O)[O-])c2ccccc21. The molecule has 0 fully saturated rings. The molecule has 32 heavy (non-hydrogen) atoms. The first-order valence-electron chi connectivity index (χ1n) is 10.0. The van der Waals surface area contributed by atoms with E-state index in [1.807, 2.05) is 54.2 Å². The number of aryl methyl sites for hydroxylation is 1. The van der Waals surface area contributed by atoms with Crippen LogP contribution in [0.4, 0.5) is 5.69 Å². The molecule has 0 amide bonds. The van der Waals surface area contributed by atoms with Crippen molar-refractivity contribution in [2.45, 2.75) is 0 Å². The Bertz CT molecular complexity index is 1590. The van der Waals surface area contributed by atoms with E-state index in [-0.39, 0.29) is 16.9 Å². The third-order valence-corrected chi connectivity index (χ3v) is 5.46. The number of hydrogen-bond donors (Lipinski definition) is 0. The van der Waals surface area contributed by atoms with Crippen LogP contribution in [0.5, 0.6) is 0 Å². The fraction of sp³-hybridized carbons (Fsp3) is 0.0400. The minimum absolute atomic E-state index is 0.161. The third kappa shape index (κ3) is 3.16. The van der Waals surface area contributed by atoms with Gasteiger partial charge >= 0.3 is 0 Å². The van der Waals surface area contributed by atoms with Crippen LogP contribution in [-0.2, 0) is 7.05 Å². The van der Waals surface area contributed by atoms with Crippen molar-refractivity contribution in [3.8, 4) is 5.69 Å². The van der Waals surface area contributed by atoms with E-state index < -0.39 is 4.92 Å². The number of fused-ring (bicyclic) bond motifs is 2. The monoisotopic (exact) mass is 422 g/mol. The Labute approximate surface area is 182 Å². The molecule has 0 aliphatic rings. The van der Waals surface area contributed by atoms with Gasteiger partial charge in [-0.05, 0) is 36.4 Å². The quantitative estimate of drug-likeness (QED) is 0.303. The van der Waals surface area contributed by atoms with Gasteiger partial charge in [0.15, 0.2) is 0 Å². The van der Waals surface area contributed by atoms with Crippen LogP contribution in [0.1, 0.15) is 11.4 Å². The highest BCUT2D eigenvalue weighted by Crippen LogP contribution is 2.25. The van der Waals surface area contributed by atoms with Crippen LogP contribution in [0.2, 0.25) is 0 Å². The highest BCUT2D eigenvalue weighted by atomic mass is 16.6. The van der Waals surface area contributed by atoms with Gasteiger partial charge in [-0.25, -0.2) is 4.98 Å². The molecule has 0 unspecified atom stereocenters. The van der Waals surface area contributed by atoms with Crippen LogP contribution in [0.15, 0.2) is 83.8 Å². The molecule has 156 valence electrons. The number of para-hydroxylation sites is 4. The second kappa shape index (κ2) is 7.63. The number of nitrogens with zero attached hydrogens (tertiary/aromatic N) is 4. The molecule has 0 bridgehead atoms. The average Bonchev–Trinajstić information content (AvgIpc) is 3.13. The van der Waals surface area contributed by atoms with E-state index in [1.54, 1.807) is 42.5 Å². The number of hydrogen-bond acceptors (Lipinski definition) is 4. The lowest BCUT2D eigenvalue weighted by molar-refractivity contribution is -0.384. The van der Waals surface area contributed by atoms with Crippen LogP contribution in [0.25, 0.3) is 39.6 Å². The fourth-order valence-electron chi connectivity index (χ4n) is 3.97. The van der Waals surface area contributed by atoms with Crippen molar-refractivity contribution in [1.29, 1.82) is 0 Å². The van der Waals surface area contributed by atoms with Gasteiger partial charge in [0.05, 0.1) is 15.8 Å². The van der Waals surface area contributed by atoms with E-state index in [1.165, 1.54) is 10.6 Å². The van der Waals surface area contributed by atoms with Gasteiger partial charge in [-0.2, -0.15) is 0 Å². The lowest BCUT2D eigenvalue weighted by atomic mass is 10.1. The topological polar surface area (TPSA) is 83.0 Å². The molecule has 7 heteroatoms. The molecule has 0 radical (unpaired) electrons. The van der Waals surface area contributed by atoms with E-state index in [0.29, 0.717) is 16.7 Å². The van der Waals surface area contributed by atoms with Crippen molar-refractivity contribution >= 4 is 39.6 Å². The lowest BCUT2D eigenvalue weighted by Crippen LogP contribution is -2.23. The van der Waals surface area contributed by atoms with E-state index in [9.17, 15) is 14.9 Å². The summed E-state index contributed by atoms with van der Waals surface area (Å²) in [7, 11) is 1.97. The van der Waals surface area contributed by atoms with Gasteiger partial charge in [-0.3, -0.25) is 19.5 Å². The molecule has 0 spiro atoms. The van der Waals surface area contributed by atoms with Gasteiger partial charge in [0, 0.05) is 35.8 Å². The van der Waals surface area contributed by atoms with Gasteiger partial charge in [0.25, 0.3) is 11.2 Å². The van der Waals surface area contributed by atoms with Crippen molar-refractivity contribution in [2.24, 2.45) is 7.05 Å². The summed E-state index contributed by atoms with van der Waals surface area (Å²) in [4.78, 5) is 29.2. The summed E-state index contributed by atoms with van der Waals surface area (Å²) in [5.41, 5.74) is 2.23. The number of aromatic nitrogens is 3. The Kier molecular flexibility index (Phi) is 4.63. The molecule has 2 aromatic heterocycles. The summed E-state index contributed by atoms with van der Waals surface area (Å²) in [5, 5.41) is 13.1. The van der Waals surface area contributed by atoms with Gasteiger partial charge in [0.1, 0.15) is 11.5 Å². The molecule has 3 aromatic carbocycles. The van der Waals surface area contributed by atoms with Gasteiger partial charge < -0.3 is 4.57 Å². The Morgan fingerprint density at radius 2 is 1.59 bits per heavy atom. The number of nitro groups is 1. The van der Waals surface area contributed by atoms with E-state index in [2.05, 4.69) is 4.98 Å². The largest absolute Gasteiger partial charge is 0.350 e. The summed E-state index contributed by atoms with van der Waals surface area (Å²) in [6, 6.07) is 21.2. The van der Waals surface area contributed by atoms with E-state index in [4.69, 9.17) is 0 Å². The maximum absolute atomic E-state index is 13.4. The van der Waals surface area contributed by atoms with E-state index in [0.717, 1.165) is 16.5 Å². The molecule has 0 saturated carbocycles. The predicted octanol–water partition coefficient (Wildman–Crippen LogP) is 4.96. The smallest absolute Gasteiger partial charge is 0.293 e. The first-order chi connectivity index (χ1) is 15.5. The second-order valence-electron chi connectivity index (χ2n) is 7.42. The molecule has 2 heterocycles. The summed E-state index contributed by atoms with van der Waals surface area (Å²) in [6.07, 6.45) is 5.60. The number of benzene rings is 3. The Hall–Kier alpha value is -4.52. The minimum Gasteiger partial charge on any atom is -0.350 e. The van der Waals surface area contributed by atoms with Crippen LogP contribution in [0, 0.1) is 10.1 Å². The third-order valence-electron chi connectivity index (χ3n) is 5.46. The van der Waals surface area contributed by atoms with Gasteiger partial charge in [0.2, 0.25) is 0 Å². The zero-order valence-corrected chi connectivity index (χ0v) is 17.2. The molecule has 0 N–H and O–H groups in total. The first kappa shape index (κ1) is 19.4. The van der Waals surface area contributed by atoms with Crippen LogP contribution in [0.3, 0.4) is 0 Å². The standard InChI is InChI=1S/C25H18N4O3/c1-27-16-17(18-8-3-5-11-21(18)27)14-15-24-26-20-10-4-2-9-19(20)25(30)28(24)22-12-6-7-13-23(22)29(31)32/h2-16H,1H3. The molecule has 0 aliphatic carbocycles. The summed E-state index contributed by atoms with van der Waals surface area (Å²) in [6.45, 7) is 0. The highest BCUT2D eigenvalue weighted by molar-refractivity contribution is 5.92. The normalized spacial score (nSPS) is 11.5. The van der Waals surface area contributed by atoms with Crippen LogP contribution >= 0.6 is 0 Å². The molecule has 0 atom stereocenters. The summed E-state index contributed by atoms with van der Waals surface area (Å²) in [5.74, 6) is 0.316. The van der Waals surface area contributed by atoms with Crippen molar-refractivity contribution in [3.63, 3.8) is 0 Å². The first-order valence-corrected chi connectivity index (χ1v) is 10.0. The van der Waals surface area contributed by atoms with Crippen molar-refractivity contribution in [3.05, 3.63) is 111 Å². The fourth-order valence-corrected chi connectivity index (χ4v) is 3.97. The summed E-state index contributed by atoms with van der Waals surface area (Å²) < 4.78 is 3.33. The molecule has 0 aliphatic heterocycles. The maximum Gasteiger partial charge on any atom is 0.293 e. The molecule has 5 aromatic rings. The summed E-state index contributed by atoms with van der Waals surface area (Å²) >= 11 is 0. The van der Waals surface area contributed by atoms with Crippen molar-refractivity contribution < 1.29 is 4.92 Å². The molecular weight excluding hydrogens is 404 g/mol. The highest BCUT2D eigenvalue weighted by Gasteiger charge is 2.19. The Morgan fingerprint density at radius 3 is 2.41 bits per heavy atom. The van der Waals surface area contributed by atoms with Gasteiger partial charge in [-0.15, -0.1) is 0 Å². The predicted molar refractivity (Wildman–Crippen MR) is 126 cm³/mol. The minimum atomic E-state index is -0.491. The Balaban J connectivity index is 1.78. The lowest BCUT2D eigenvalue weighted by Gasteiger charge is -2.11. The average molecular weight is 422 g/mol. The van der Waals surface area contributed by atoms with Gasteiger partial charge in [-0.1, -0.05) is 42.5 Å². The van der Waals surface area contributed by atoms with Crippen LogP contribution in [-0.4, -0.2) is 19.0 Å². The molecular formula is C25H18N4O3. The zero-order chi connectivity index (χ0) is 22.2. The zero-order valence-electron chi connectivity index (χ0n) is 17.2. The van der Waals surface area contributed by atoms with Crippen molar-refractivity contribution in [1.82, 2.24) is 14.1 Å². The number of rotatable bonds is 4. The van der Waals surface area contributed by atoms with Crippen LogP contribution < -0.4 is 5.56 Å². The molecule has 5 rings (SSSR count).